The summed E-state index contributed by atoms with van der Waals surface area (Å²) in [5.74, 6) is -0.806. The SMILES string of the molecule is CC(=O)c1nn(CC(=O)N2[C@H](C(=O)O)C[C@@]3(C)C[C@@H]23)c2c(C)cc(-c3cnc(C)nc3)cc12. The van der Waals surface area contributed by atoms with E-state index in [1.54, 1.807) is 12.4 Å². The van der Waals surface area contributed by atoms with Crippen LogP contribution >= 0.6 is 0 Å². The van der Waals surface area contributed by atoms with Crippen LogP contribution in [0, 0.1) is 19.3 Å². The number of Topliss-reactive ketones (excluding diaryl/α,β-unsaturated/α-hetero) is 1. The molecule has 0 bridgehead atoms. The van der Waals surface area contributed by atoms with Crippen molar-refractivity contribution in [3.8, 4) is 11.1 Å². The Morgan fingerprint density at radius 2 is 1.82 bits per heavy atom. The number of fused-ring (bicyclic) bond motifs is 2. The Labute approximate surface area is 190 Å². The van der Waals surface area contributed by atoms with Crippen LogP contribution in [0.5, 0.6) is 0 Å². The van der Waals surface area contributed by atoms with Crippen LogP contribution in [-0.4, -0.2) is 59.5 Å². The number of ketones is 1. The predicted molar refractivity (Wildman–Crippen MR) is 120 cm³/mol. The number of likely N-dealkylation sites (tertiary alicyclic amines) is 1. The molecule has 9 nitrogen and oxygen atoms in total. The normalized spacial score (nSPS) is 23.6. The zero-order valence-corrected chi connectivity index (χ0v) is 19.0. The van der Waals surface area contributed by atoms with Crippen LogP contribution in [0.15, 0.2) is 24.5 Å². The lowest BCUT2D eigenvalue weighted by molar-refractivity contribution is -0.149. The van der Waals surface area contributed by atoms with E-state index in [1.165, 1.54) is 16.5 Å². The molecule has 0 unspecified atom stereocenters. The fraction of sp³-hybridized carbons (Fsp3) is 0.417. The third-order valence-corrected chi connectivity index (χ3v) is 6.98. The van der Waals surface area contributed by atoms with Crippen molar-refractivity contribution in [2.75, 3.05) is 0 Å². The van der Waals surface area contributed by atoms with E-state index in [2.05, 4.69) is 15.1 Å². The van der Waals surface area contributed by atoms with E-state index in [4.69, 9.17) is 0 Å². The molecule has 170 valence electrons. The number of carboxylic acid groups (broad SMARTS) is 1. The summed E-state index contributed by atoms with van der Waals surface area (Å²) < 4.78 is 1.54. The molecule has 0 spiro atoms. The monoisotopic (exact) mass is 447 g/mol. The molecule has 1 amide bonds. The summed E-state index contributed by atoms with van der Waals surface area (Å²) in [6.07, 6.45) is 4.76. The number of carbonyl (C=O) groups excluding carboxylic acids is 2. The molecule has 3 atom stereocenters. The maximum Gasteiger partial charge on any atom is 0.326 e. The molecule has 1 saturated carbocycles. The van der Waals surface area contributed by atoms with Crippen molar-refractivity contribution >= 4 is 28.6 Å². The van der Waals surface area contributed by atoms with Crippen LogP contribution in [0.4, 0.5) is 0 Å². The van der Waals surface area contributed by atoms with Crippen molar-refractivity contribution < 1.29 is 19.5 Å². The quantitative estimate of drug-likeness (QED) is 0.598. The Balaban J connectivity index is 1.55. The first-order valence-electron chi connectivity index (χ1n) is 10.9. The molecule has 0 radical (unpaired) electrons. The van der Waals surface area contributed by atoms with Crippen LogP contribution < -0.4 is 0 Å². The van der Waals surface area contributed by atoms with E-state index in [9.17, 15) is 19.5 Å². The number of amides is 1. The van der Waals surface area contributed by atoms with Crippen molar-refractivity contribution in [2.45, 2.75) is 59.2 Å². The van der Waals surface area contributed by atoms with Crippen LogP contribution in [0.2, 0.25) is 0 Å². The maximum absolute atomic E-state index is 13.3. The number of piperidine rings is 1. The third kappa shape index (κ3) is 3.39. The van der Waals surface area contributed by atoms with E-state index in [0.29, 0.717) is 23.1 Å². The lowest BCUT2D eigenvalue weighted by Gasteiger charge is -2.24. The molecular weight excluding hydrogens is 422 g/mol. The van der Waals surface area contributed by atoms with Gasteiger partial charge in [0.1, 0.15) is 24.1 Å². The molecule has 1 aliphatic heterocycles. The molecule has 3 heterocycles. The van der Waals surface area contributed by atoms with Gasteiger partial charge in [0.05, 0.1) is 5.52 Å². The van der Waals surface area contributed by atoms with Gasteiger partial charge in [0.25, 0.3) is 0 Å². The third-order valence-electron chi connectivity index (χ3n) is 6.98. The molecular formula is C24H25N5O4. The van der Waals surface area contributed by atoms with Crippen molar-refractivity contribution in [3.05, 3.63) is 41.6 Å². The van der Waals surface area contributed by atoms with E-state index < -0.39 is 12.0 Å². The maximum atomic E-state index is 13.3. The highest BCUT2D eigenvalue weighted by molar-refractivity contribution is 6.07. The number of aliphatic carboxylic acids is 1. The molecule has 2 aliphatic rings. The minimum atomic E-state index is -0.979. The number of benzene rings is 1. The Morgan fingerprint density at radius 3 is 2.45 bits per heavy atom. The number of carboxylic acids is 1. The number of nitrogens with zero attached hydrogens (tertiary/aromatic N) is 5. The fourth-order valence-corrected chi connectivity index (χ4v) is 5.17. The molecule has 33 heavy (non-hydrogen) atoms. The summed E-state index contributed by atoms with van der Waals surface area (Å²) in [7, 11) is 0. The second-order valence-corrected chi connectivity index (χ2v) is 9.50. The average molecular weight is 447 g/mol. The van der Waals surface area contributed by atoms with Crippen LogP contribution in [0.25, 0.3) is 22.0 Å². The van der Waals surface area contributed by atoms with Crippen LogP contribution in [0.3, 0.4) is 0 Å². The first-order chi connectivity index (χ1) is 15.6. The van der Waals surface area contributed by atoms with Gasteiger partial charge in [-0.05, 0) is 55.4 Å². The van der Waals surface area contributed by atoms with Gasteiger partial charge >= 0.3 is 5.97 Å². The minimum Gasteiger partial charge on any atom is -0.480 e. The van der Waals surface area contributed by atoms with Crippen LogP contribution in [-0.2, 0) is 16.1 Å². The Morgan fingerprint density at radius 1 is 1.12 bits per heavy atom. The topological polar surface area (TPSA) is 118 Å². The highest BCUT2D eigenvalue weighted by Gasteiger charge is 2.64. The van der Waals surface area contributed by atoms with Gasteiger partial charge in [-0.25, -0.2) is 14.8 Å². The summed E-state index contributed by atoms with van der Waals surface area (Å²) in [5, 5.41) is 14.8. The lowest BCUT2D eigenvalue weighted by atomic mass is 10.0. The average Bonchev–Trinajstić information content (AvgIpc) is 3.11. The number of rotatable bonds is 5. The first-order valence-corrected chi connectivity index (χ1v) is 10.9. The van der Waals surface area contributed by atoms with Gasteiger partial charge in [0.2, 0.25) is 5.91 Å². The summed E-state index contributed by atoms with van der Waals surface area (Å²) in [4.78, 5) is 47.4. The van der Waals surface area contributed by atoms with Crippen molar-refractivity contribution in [1.29, 1.82) is 0 Å². The standard InChI is InChI=1S/C24H25N5O4/c1-12-5-15(16-9-25-14(3)26-10-16)6-17-21(13(2)30)27-28(22(12)17)11-20(31)29-18(23(32)33)7-24(4)8-19(24)29/h5-6,9-10,18-19H,7-8,11H2,1-4H3,(H,32,33)/t18-,19+,24-/m0/s1. The second kappa shape index (κ2) is 7.19. The Hall–Kier alpha value is -3.62. The van der Waals surface area contributed by atoms with Gasteiger partial charge < -0.3 is 10.0 Å². The molecule has 1 N–H and O–H groups in total. The van der Waals surface area contributed by atoms with E-state index >= 15 is 0 Å². The van der Waals surface area contributed by atoms with Gasteiger partial charge in [0.15, 0.2) is 5.78 Å². The molecule has 2 aromatic heterocycles. The highest BCUT2D eigenvalue weighted by Crippen LogP contribution is 2.59. The number of hydrogen-bond donors (Lipinski definition) is 1. The highest BCUT2D eigenvalue weighted by atomic mass is 16.4. The lowest BCUT2D eigenvalue weighted by Crippen LogP contribution is -2.44. The van der Waals surface area contributed by atoms with Gasteiger partial charge in [0, 0.05) is 36.3 Å². The smallest absolute Gasteiger partial charge is 0.326 e. The Bertz CT molecular complexity index is 1330. The summed E-state index contributed by atoms with van der Waals surface area (Å²) >= 11 is 0. The fourth-order valence-electron chi connectivity index (χ4n) is 5.17. The second-order valence-electron chi connectivity index (χ2n) is 9.50. The van der Waals surface area contributed by atoms with Crippen LogP contribution in [0.1, 0.15) is 48.6 Å². The molecule has 3 aromatic rings. The number of hydrogen-bond acceptors (Lipinski definition) is 6. The predicted octanol–water partition coefficient (Wildman–Crippen LogP) is 2.78. The Kier molecular flexibility index (Phi) is 4.63. The van der Waals surface area contributed by atoms with Gasteiger partial charge in [-0.1, -0.05) is 6.92 Å². The molecule has 5 rings (SSSR count). The number of aromatic nitrogens is 4. The molecule has 2 fully saturated rings. The number of carbonyl (C=O) groups is 3. The van der Waals surface area contributed by atoms with Crippen molar-refractivity contribution in [1.82, 2.24) is 24.6 Å². The van der Waals surface area contributed by atoms with Crippen molar-refractivity contribution in [3.63, 3.8) is 0 Å². The zero-order valence-electron chi connectivity index (χ0n) is 19.0. The van der Waals surface area contributed by atoms with Gasteiger partial charge in [-0.2, -0.15) is 5.10 Å². The summed E-state index contributed by atoms with van der Waals surface area (Å²) in [5.41, 5.74) is 3.38. The summed E-state index contributed by atoms with van der Waals surface area (Å²) in [6.45, 7) is 7.07. The number of aryl methyl sites for hydroxylation is 2. The molecule has 1 aromatic carbocycles. The molecule has 1 saturated heterocycles. The minimum absolute atomic E-state index is 0.0468. The van der Waals surface area contributed by atoms with Gasteiger partial charge in [-0.3, -0.25) is 14.3 Å². The zero-order chi connectivity index (χ0) is 23.7. The first kappa shape index (κ1) is 21.2. The van der Waals surface area contributed by atoms with Gasteiger partial charge in [-0.15, -0.1) is 0 Å². The van der Waals surface area contributed by atoms with E-state index in [1.807, 2.05) is 32.9 Å². The molecule has 1 aliphatic carbocycles. The van der Waals surface area contributed by atoms with E-state index in [-0.39, 0.29) is 35.4 Å². The summed E-state index contributed by atoms with van der Waals surface area (Å²) in [6, 6.07) is 2.96. The van der Waals surface area contributed by atoms with Crippen molar-refractivity contribution in [2.24, 2.45) is 5.41 Å². The van der Waals surface area contributed by atoms with E-state index in [0.717, 1.165) is 23.1 Å². The largest absolute Gasteiger partial charge is 0.480 e. The molecule has 9 heteroatoms.